The number of phenols is 1. The molecule has 20 heavy (non-hydrogen) atoms. The zero-order valence-corrected chi connectivity index (χ0v) is 12.7. The van der Waals surface area contributed by atoms with E-state index in [9.17, 15) is 9.90 Å². The van der Waals surface area contributed by atoms with Gasteiger partial charge in [-0.05, 0) is 55.8 Å². The summed E-state index contributed by atoms with van der Waals surface area (Å²) >= 11 is 0. The highest BCUT2D eigenvalue weighted by Crippen LogP contribution is 2.33. The molecular formula is C16H24N2O2. The summed E-state index contributed by atoms with van der Waals surface area (Å²) in [5.74, 6) is 0.0764. The first-order chi connectivity index (χ1) is 9.31. The van der Waals surface area contributed by atoms with Crippen LogP contribution in [-0.4, -0.2) is 23.6 Å². The van der Waals surface area contributed by atoms with Gasteiger partial charge in [-0.3, -0.25) is 4.79 Å². The van der Waals surface area contributed by atoms with Crippen LogP contribution >= 0.6 is 0 Å². The van der Waals surface area contributed by atoms with Crippen molar-refractivity contribution in [3.8, 4) is 5.75 Å². The van der Waals surface area contributed by atoms with Gasteiger partial charge >= 0.3 is 0 Å². The lowest BCUT2D eigenvalue weighted by Crippen LogP contribution is -2.53. The van der Waals surface area contributed by atoms with Gasteiger partial charge in [-0.25, -0.2) is 0 Å². The fraction of sp³-hybridized carbons (Fsp3) is 0.562. The Bertz CT molecular complexity index is 523. The molecular weight excluding hydrogens is 252 g/mol. The third kappa shape index (κ3) is 2.96. The Morgan fingerprint density at radius 1 is 1.40 bits per heavy atom. The van der Waals surface area contributed by atoms with Crippen molar-refractivity contribution in [1.29, 1.82) is 0 Å². The summed E-state index contributed by atoms with van der Waals surface area (Å²) < 4.78 is 0. The van der Waals surface area contributed by atoms with Gasteiger partial charge in [-0.1, -0.05) is 19.9 Å². The van der Waals surface area contributed by atoms with Crippen LogP contribution in [0.3, 0.4) is 0 Å². The molecule has 4 heteroatoms. The number of rotatable bonds is 2. The maximum Gasteiger partial charge on any atom is 0.242 e. The molecule has 1 aromatic carbocycles. The Hall–Kier alpha value is -1.55. The van der Waals surface area contributed by atoms with E-state index >= 15 is 0 Å². The second kappa shape index (κ2) is 5.44. The van der Waals surface area contributed by atoms with E-state index in [2.05, 4.69) is 24.5 Å². The third-order valence-corrected chi connectivity index (χ3v) is 4.09. The van der Waals surface area contributed by atoms with E-state index in [1.54, 1.807) is 6.07 Å². The number of hydrogen-bond donors (Lipinski definition) is 3. The van der Waals surface area contributed by atoms with Gasteiger partial charge < -0.3 is 15.7 Å². The van der Waals surface area contributed by atoms with Crippen molar-refractivity contribution < 1.29 is 9.90 Å². The van der Waals surface area contributed by atoms with E-state index in [1.165, 1.54) is 0 Å². The predicted molar refractivity (Wildman–Crippen MR) is 81.0 cm³/mol. The minimum atomic E-state index is -0.225. The normalized spacial score (nSPS) is 21.5. The van der Waals surface area contributed by atoms with Crippen LogP contribution in [0.1, 0.15) is 37.8 Å². The van der Waals surface area contributed by atoms with E-state index in [4.69, 9.17) is 0 Å². The molecule has 1 aliphatic heterocycles. The molecule has 1 atom stereocenters. The number of carbonyl (C=O) groups is 1. The van der Waals surface area contributed by atoms with Crippen molar-refractivity contribution in [1.82, 2.24) is 5.32 Å². The number of benzene rings is 1. The zero-order chi connectivity index (χ0) is 14.9. The van der Waals surface area contributed by atoms with E-state index < -0.39 is 0 Å². The first-order valence-corrected chi connectivity index (χ1v) is 7.16. The Morgan fingerprint density at radius 3 is 2.75 bits per heavy atom. The van der Waals surface area contributed by atoms with Gasteiger partial charge in [0.05, 0.1) is 11.7 Å². The van der Waals surface area contributed by atoms with Crippen molar-refractivity contribution in [3.63, 3.8) is 0 Å². The number of anilines is 1. The molecule has 2 rings (SSSR count). The van der Waals surface area contributed by atoms with Crippen molar-refractivity contribution >= 4 is 11.6 Å². The molecule has 1 aromatic rings. The Labute approximate surface area is 120 Å². The second-order valence-corrected chi connectivity index (χ2v) is 6.45. The van der Waals surface area contributed by atoms with Crippen LogP contribution in [0.5, 0.6) is 5.75 Å². The molecule has 0 spiro atoms. The number of amides is 1. The minimum absolute atomic E-state index is 0.0726. The van der Waals surface area contributed by atoms with Crippen LogP contribution in [0.25, 0.3) is 0 Å². The summed E-state index contributed by atoms with van der Waals surface area (Å²) in [6, 6.07) is 3.47. The van der Waals surface area contributed by atoms with Gasteiger partial charge in [-0.2, -0.15) is 0 Å². The largest absolute Gasteiger partial charge is 0.505 e. The highest BCUT2D eigenvalue weighted by Gasteiger charge is 2.37. The number of phenolic OH excluding ortho intramolecular Hbond substituents is 1. The van der Waals surface area contributed by atoms with Gasteiger partial charge in [0.1, 0.15) is 5.75 Å². The summed E-state index contributed by atoms with van der Waals surface area (Å²) in [5, 5.41) is 16.2. The quantitative estimate of drug-likeness (QED) is 0.728. The van der Waals surface area contributed by atoms with Gasteiger partial charge in [-0.15, -0.1) is 0 Å². The number of carbonyl (C=O) groups excluding carboxylic acids is 1. The third-order valence-electron chi connectivity index (χ3n) is 4.09. The molecule has 4 nitrogen and oxygen atoms in total. The lowest BCUT2D eigenvalue weighted by Gasteiger charge is -2.38. The molecule has 1 fully saturated rings. The van der Waals surface area contributed by atoms with Gasteiger partial charge in [0.25, 0.3) is 0 Å². The van der Waals surface area contributed by atoms with Crippen LogP contribution in [-0.2, 0) is 4.79 Å². The first-order valence-electron chi connectivity index (χ1n) is 7.16. The molecule has 110 valence electrons. The van der Waals surface area contributed by atoms with Gasteiger partial charge in [0.2, 0.25) is 5.91 Å². The molecule has 0 aliphatic carbocycles. The van der Waals surface area contributed by atoms with Gasteiger partial charge in [0, 0.05) is 0 Å². The van der Waals surface area contributed by atoms with Crippen molar-refractivity contribution in [2.75, 3.05) is 11.9 Å². The fourth-order valence-corrected chi connectivity index (χ4v) is 2.92. The topological polar surface area (TPSA) is 61.4 Å². The van der Waals surface area contributed by atoms with Crippen LogP contribution in [0.15, 0.2) is 12.1 Å². The summed E-state index contributed by atoms with van der Waals surface area (Å²) in [6.45, 7) is 8.85. The van der Waals surface area contributed by atoms with Crippen molar-refractivity contribution in [3.05, 3.63) is 23.3 Å². The molecule has 0 radical (unpaired) electrons. The molecule has 3 N–H and O–H groups in total. The lowest BCUT2D eigenvalue weighted by molar-refractivity contribution is -0.121. The number of hydrogen-bond acceptors (Lipinski definition) is 3. The summed E-state index contributed by atoms with van der Waals surface area (Å²) in [6.07, 6.45) is 2.11. The van der Waals surface area contributed by atoms with Crippen LogP contribution in [0.2, 0.25) is 0 Å². The van der Waals surface area contributed by atoms with E-state index in [1.807, 2.05) is 19.9 Å². The molecule has 0 bridgehead atoms. The molecule has 1 saturated heterocycles. The highest BCUT2D eigenvalue weighted by atomic mass is 16.3. The smallest absolute Gasteiger partial charge is 0.242 e. The maximum atomic E-state index is 12.5. The first kappa shape index (κ1) is 14.9. The molecule has 0 saturated carbocycles. The summed E-state index contributed by atoms with van der Waals surface area (Å²) in [5.41, 5.74) is 2.22. The summed E-state index contributed by atoms with van der Waals surface area (Å²) in [4.78, 5) is 12.5. The van der Waals surface area contributed by atoms with E-state index in [-0.39, 0.29) is 23.1 Å². The minimum Gasteiger partial charge on any atom is -0.505 e. The Kier molecular flexibility index (Phi) is 4.04. The van der Waals surface area contributed by atoms with Crippen molar-refractivity contribution in [2.45, 2.75) is 46.6 Å². The Balaban J connectivity index is 2.19. The predicted octanol–water partition coefficient (Wildman–Crippen LogP) is 2.73. The molecule has 1 aliphatic rings. The average Bonchev–Trinajstić information content (AvgIpc) is 2.34. The number of aryl methyl sites for hydroxylation is 2. The molecule has 1 amide bonds. The standard InChI is InChI=1S/C16H24N2O2/c1-10-8-11(2)13(19)12(9-10)18-15(20)14-16(3,4)6-5-7-17-14/h8-9,14,17,19H,5-7H2,1-4H3,(H,18,20). The summed E-state index contributed by atoms with van der Waals surface area (Å²) in [7, 11) is 0. The van der Waals surface area contributed by atoms with Crippen LogP contribution in [0, 0.1) is 19.3 Å². The second-order valence-electron chi connectivity index (χ2n) is 6.45. The number of nitrogens with one attached hydrogen (secondary N) is 2. The number of aromatic hydroxyl groups is 1. The highest BCUT2D eigenvalue weighted by molar-refractivity contribution is 5.97. The molecule has 0 aromatic heterocycles. The Morgan fingerprint density at radius 2 is 2.10 bits per heavy atom. The van der Waals surface area contributed by atoms with Crippen LogP contribution in [0.4, 0.5) is 5.69 Å². The monoisotopic (exact) mass is 276 g/mol. The van der Waals surface area contributed by atoms with Gasteiger partial charge in [0.15, 0.2) is 0 Å². The maximum absolute atomic E-state index is 12.5. The number of piperidine rings is 1. The molecule has 1 heterocycles. The zero-order valence-electron chi connectivity index (χ0n) is 12.7. The van der Waals surface area contributed by atoms with E-state index in [0.29, 0.717) is 5.69 Å². The van der Waals surface area contributed by atoms with Crippen molar-refractivity contribution in [2.24, 2.45) is 5.41 Å². The van der Waals surface area contributed by atoms with E-state index in [0.717, 1.165) is 30.5 Å². The van der Waals surface area contributed by atoms with Crippen LogP contribution < -0.4 is 10.6 Å². The SMILES string of the molecule is Cc1cc(C)c(O)c(NC(=O)C2NCCCC2(C)C)c1. The lowest BCUT2D eigenvalue weighted by atomic mass is 9.77. The fourth-order valence-electron chi connectivity index (χ4n) is 2.92. The molecule has 1 unspecified atom stereocenters. The average molecular weight is 276 g/mol.